The molecule has 4 heterocycles. The third-order valence-corrected chi connectivity index (χ3v) is 7.85. The van der Waals surface area contributed by atoms with Crippen LogP contribution in [0.4, 0.5) is 11.6 Å². The summed E-state index contributed by atoms with van der Waals surface area (Å²) in [5.74, 6) is 0.434. The number of hydrogen-bond acceptors (Lipinski definition) is 7. The minimum Gasteiger partial charge on any atom is -0.349 e. The van der Waals surface area contributed by atoms with Crippen molar-refractivity contribution in [3.63, 3.8) is 0 Å². The Hall–Kier alpha value is -5.35. The van der Waals surface area contributed by atoms with Gasteiger partial charge in [-0.3, -0.25) is 9.59 Å². The van der Waals surface area contributed by atoms with Gasteiger partial charge in [0.15, 0.2) is 0 Å². The molecule has 2 atom stereocenters. The minimum atomic E-state index is -0.206. The Labute approximate surface area is 262 Å². The summed E-state index contributed by atoms with van der Waals surface area (Å²) in [4.78, 5) is 38.8. The van der Waals surface area contributed by atoms with Crippen LogP contribution in [0.3, 0.4) is 0 Å². The van der Waals surface area contributed by atoms with Gasteiger partial charge in [0.1, 0.15) is 5.69 Å². The minimum absolute atomic E-state index is 0.0192. The number of carbonyl (C=O) groups is 2. The second kappa shape index (κ2) is 13.1. The van der Waals surface area contributed by atoms with Crippen LogP contribution in [0.1, 0.15) is 17.3 Å². The average Bonchev–Trinajstić information content (AvgIpc) is 3.62. The van der Waals surface area contributed by atoms with E-state index < -0.39 is 0 Å². The van der Waals surface area contributed by atoms with Crippen LogP contribution in [0.5, 0.6) is 0 Å². The van der Waals surface area contributed by atoms with Crippen molar-refractivity contribution in [1.29, 1.82) is 0 Å². The van der Waals surface area contributed by atoms with Gasteiger partial charge in [-0.25, -0.2) is 14.5 Å². The second-order valence-corrected chi connectivity index (χ2v) is 11.6. The number of likely N-dealkylation sites (tertiary alicyclic amines) is 1. The zero-order chi connectivity index (χ0) is 31.3. The van der Waals surface area contributed by atoms with Crippen molar-refractivity contribution >= 4 is 29.0 Å². The average molecular weight is 601 g/mol. The monoisotopic (exact) mass is 600 g/mol. The molecule has 1 aliphatic heterocycles. The lowest BCUT2D eigenvalue weighted by Gasteiger charge is -2.18. The predicted molar refractivity (Wildman–Crippen MR) is 177 cm³/mol. The molecule has 0 aliphatic carbocycles. The molecule has 1 aliphatic rings. The van der Waals surface area contributed by atoms with Gasteiger partial charge in [-0.05, 0) is 62.5 Å². The standard InChI is InChI=1S/C35H36N8O2/c1-24-22-42(34(45)26-14-16-27(17-15-26)37-31(44)13-9-20-41(2)3)23-29(24)39-35-36-19-18-28(38-35)32-30-12-7-8-21-43(30)40-33(32)25-10-5-4-6-11-25/h4-19,21,24,29H,20,22-23H2,1-3H3,(H,37,44)(H,36,38,39)/b13-9+/t24-,29-/m0/s1. The summed E-state index contributed by atoms with van der Waals surface area (Å²) < 4.78 is 1.87. The van der Waals surface area contributed by atoms with Gasteiger partial charge in [0, 0.05) is 54.9 Å². The number of aromatic nitrogens is 4. The van der Waals surface area contributed by atoms with Gasteiger partial charge >= 0.3 is 0 Å². The molecule has 2 amide bonds. The lowest BCUT2D eigenvalue weighted by atomic mass is 10.0. The van der Waals surface area contributed by atoms with E-state index in [2.05, 4.69) is 22.5 Å². The van der Waals surface area contributed by atoms with Gasteiger partial charge in [-0.15, -0.1) is 0 Å². The molecule has 2 N–H and O–H groups in total. The fourth-order valence-electron chi connectivity index (χ4n) is 5.54. The van der Waals surface area contributed by atoms with Crippen LogP contribution in [0.15, 0.2) is 103 Å². The lowest BCUT2D eigenvalue weighted by molar-refractivity contribution is -0.111. The first-order valence-electron chi connectivity index (χ1n) is 15.0. The summed E-state index contributed by atoms with van der Waals surface area (Å²) in [7, 11) is 3.88. The number of fused-ring (bicyclic) bond motifs is 1. The maximum Gasteiger partial charge on any atom is 0.253 e. The SMILES string of the molecule is C[C@H]1CN(C(=O)c2ccc(NC(=O)/C=C/CN(C)C)cc2)C[C@@H]1Nc1nccc(-c2c(-c3ccccc3)nn3ccccc23)n1. The summed E-state index contributed by atoms with van der Waals surface area (Å²) in [5, 5.41) is 11.2. The van der Waals surface area contributed by atoms with E-state index in [9.17, 15) is 9.59 Å². The Morgan fingerprint density at radius 3 is 2.53 bits per heavy atom. The summed E-state index contributed by atoms with van der Waals surface area (Å²) in [5.41, 5.74) is 5.74. The number of hydrogen-bond donors (Lipinski definition) is 2. The molecule has 0 saturated carbocycles. The molecule has 45 heavy (non-hydrogen) atoms. The van der Waals surface area contributed by atoms with Crippen molar-refractivity contribution in [3.05, 3.63) is 109 Å². The molecule has 2 aromatic carbocycles. The number of likely N-dealkylation sites (N-methyl/N-ethyl adjacent to an activating group) is 1. The molecule has 1 fully saturated rings. The number of anilines is 2. The maximum absolute atomic E-state index is 13.4. The molecular weight excluding hydrogens is 564 g/mol. The third-order valence-electron chi connectivity index (χ3n) is 7.85. The highest BCUT2D eigenvalue weighted by Gasteiger charge is 2.33. The summed E-state index contributed by atoms with van der Waals surface area (Å²) in [6.45, 7) is 3.93. The number of nitrogens with one attached hydrogen (secondary N) is 2. The van der Waals surface area contributed by atoms with E-state index in [1.807, 2.05) is 89.2 Å². The van der Waals surface area contributed by atoms with Crippen molar-refractivity contribution in [3.8, 4) is 22.5 Å². The molecule has 1 saturated heterocycles. The number of amides is 2. The van der Waals surface area contributed by atoms with E-state index in [1.54, 1.807) is 36.5 Å². The number of pyridine rings is 1. The fraction of sp³-hybridized carbons (Fsp3) is 0.229. The van der Waals surface area contributed by atoms with Crippen LogP contribution in [0.2, 0.25) is 0 Å². The number of rotatable bonds is 9. The molecule has 10 heteroatoms. The van der Waals surface area contributed by atoms with E-state index in [4.69, 9.17) is 10.1 Å². The van der Waals surface area contributed by atoms with Crippen LogP contribution < -0.4 is 10.6 Å². The zero-order valence-electron chi connectivity index (χ0n) is 25.6. The number of nitrogens with zero attached hydrogens (tertiary/aromatic N) is 6. The Morgan fingerprint density at radius 1 is 0.978 bits per heavy atom. The molecule has 0 radical (unpaired) electrons. The van der Waals surface area contributed by atoms with Crippen molar-refractivity contribution in [2.75, 3.05) is 44.4 Å². The van der Waals surface area contributed by atoms with Crippen LogP contribution in [0, 0.1) is 5.92 Å². The molecule has 0 spiro atoms. The summed E-state index contributed by atoms with van der Waals surface area (Å²) in [6.07, 6.45) is 7.01. The zero-order valence-corrected chi connectivity index (χ0v) is 25.6. The van der Waals surface area contributed by atoms with Gasteiger partial charge < -0.3 is 20.4 Å². The topological polar surface area (TPSA) is 108 Å². The molecule has 0 unspecified atom stereocenters. The van der Waals surface area contributed by atoms with Gasteiger partial charge in [-0.1, -0.05) is 49.4 Å². The molecule has 228 valence electrons. The lowest BCUT2D eigenvalue weighted by Crippen LogP contribution is -2.32. The van der Waals surface area contributed by atoms with Crippen LogP contribution in [0.25, 0.3) is 28.0 Å². The summed E-state index contributed by atoms with van der Waals surface area (Å²) >= 11 is 0. The highest BCUT2D eigenvalue weighted by Crippen LogP contribution is 2.34. The van der Waals surface area contributed by atoms with Crippen LogP contribution in [-0.2, 0) is 4.79 Å². The molecular formula is C35H36N8O2. The molecule has 6 rings (SSSR count). The first-order chi connectivity index (χ1) is 21.9. The molecule has 5 aromatic rings. The second-order valence-electron chi connectivity index (χ2n) is 11.6. The third kappa shape index (κ3) is 6.76. The highest BCUT2D eigenvalue weighted by atomic mass is 16.2. The predicted octanol–water partition coefficient (Wildman–Crippen LogP) is 5.09. The normalized spacial score (nSPS) is 16.5. The number of carbonyl (C=O) groups excluding carboxylic acids is 2. The highest BCUT2D eigenvalue weighted by molar-refractivity contribution is 6.00. The molecule has 3 aromatic heterocycles. The van der Waals surface area contributed by atoms with Crippen molar-refractivity contribution < 1.29 is 9.59 Å². The quantitative estimate of drug-likeness (QED) is 0.227. The Bertz CT molecular complexity index is 1830. The molecule has 0 bridgehead atoms. The Kier molecular flexibility index (Phi) is 8.65. The van der Waals surface area contributed by atoms with Crippen molar-refractivity contribution in [2.45, 2.75) is 13.0 Å². The van der Waals surface area contributed by atoms with Gasteiger partial charge in [0.05, 0.1) is 22.8 Å². The van der Waals surface area contributed by atoms with Gasteiger partial charge in [-0.2, -0.15) is 5.10 Å². The Balaban J connectivity index is 1.14. The van der Waals surface area contributed by atoms with Crippen LogP contribution in [-0.4, -0.2) is 81.0 Å². The first kappa shape index (κ1) is 29.7. The van der Waals surface area contributed by atoms with Crippen molar-refractivity contribution in [2.24, 2.45) is 5.92 Å². The van der Waals surface area contributed by atoms with E-state index in [0.29, 0.717) is 36.8 Å². The van der Waals surface area contributed by atoms with E-state index in [-0.39, 0.29) is 23.8 Å². The van der Waals surface area contributed by atoms with Gasteiger partial charge in [0.25, 0.3) is 5.91 Å². The van der Waals surface area contributed by atoms with Crippen LogP contribution >= 0.6 is 0 Å². The van der Waals surface area contributed by atoms with E-state index in [1.165, 1.54) is 6.08 Å². The Morgan fingerprint density at radius 2 is 1.76 bits per heavy atom. The summed E-state index contributed by atoms with van der Waals surface area (Å²) in [6, 6.07) is 25.0. The smallest absolute Gasteiger partial charge is 0.253 e. The molecule has 10 nitrogen and oxygen atoms in total. The van der Waals surface area contributed by atoms with Crippen molar-refractivity contribution in [1.82, 2.24) is 29.4 Å². The fourth-order valence-corrected chi connectivity index (χ4v) is 5.54. The largest absolute Gasteiger partial charge is 0.349 e. The van der Waals surface area contributed by atoms with E-state index in [0.717, 1.165) is 28.0 Å². The maximum atomic E-state index is 13.4. The van der Waals surface area contributed by atoms with Gasteiger partial charge in [0.2, 0.25) is 11.9 Å². The number of benzene rings is 2. The van der Waals surface area contributed by atoms with E-state index >= 15 is 0 Å². The first-order valence-corrected chi connectivity index (χ1v) is 15.0.